The van der Waals surface area contributed by atoms with Crippen molar-refractivity contribution in [1.29, 1.82) is 0 Å². The fraction of sp³-hybridized carbons (Fsp3) is 0.118. The van der Waals surface area contributed by atoms with Crippen LogP contribution in [0.15, 0.2) is 42.5 Å². The van der Waals surface area contributed by atoms with Crippen LogP contribution in [-0.2, 0) is 0 Å². The van der Waals surface area contributed by atoms with Gasteiger partial charge < -0.3 is 10.4 Å². The third-order valence-corrected chi connectivity index (χ3v) is 3.58. The molecule has 24 heavy (non-hydrogen) atoms. The molecule has 1 aromatic heterocycles. The molecule has 0 spiro atoms. The van der Waals surface area contributed by atoms with Gasteiger partial charge in [0.05, 0.1) is 17.1 Å². The molecule has 3 rings (SSSR count). The molecule has 7 heteroatoms. The number of rotatable bonds is 3. The molecule has 0 saturated carbocycles. The second-order valence-electron chi connectivity index (χ2n) is 5.39. The maximum Gasteiger partial charge on any atom is 0.278 e. The van der Waals surface area contributed by atoms with Gasteiger partial charge in [0.1, 0.15) is 11.6 Å². The van der Waals surface area contributed by atoms with E-state index in [2.05, 4.69) is 15.6 Å². The van der Waals surface area contributed by atoms with Crippen LogP contribution in [0.5, 0.6) is 5.75 Å². The molecule has 0 aliphatic carbocycles. The Labute approximate surface area is 137 Å². The quantitative estimate of drug-likeness (QED) is 0.725. The van der Waals surface area contributed by atoms with Crippen molar-refractivity contribution in [2.75, 3.05) is 5.32 Å². The summed E-state index contributed by atoms with van der Waals surface area (Å²) in [6, 6.07) is 10.6. The van der Waals surface area contributed by atoms with Crippen LogP contribution >= 0.6 is 0 Å². The number of aromatic nitrogens is 3. The fourth-order valence-corrected chi connectivity index (χ4v) is 2.30. The summed E-state index contributed by atoms with van der Waals surface area (Å²) in [5.41, 5.74) is 2.43. The van der Waals surface area contributed by atoms with Gasteiger partial charge in [-0.15, -0.1) is 5.10 Å². The molecular formula is C17H15FN4O2. The summed E-state index contributed by atoms with van der Waals surface area (Å²) in [7, 11) is 0. The van der Waals surface area contributed by atoms with Gasteiger partial charge in [0, 0.05) is 0 Å². The highest BCUT2D eigenvalue weighted by atomic mass is 19.1. The Bertz CT molecular complexity index is 903. The number of phenols is 1. The Balaban J connectivity index is 1.89. The number of aryl methyl sites for hydroxylation is 1. The first kappa shape index (κ1) is 15.7. The van der Waals surface area contributed by atoms with Crippen molar-refractivity contribution in [2.45, 2.75) is 13.8 Å². The van der Waals surface area contributed by atoms with Gasteiger partial charge in [-0.05, 0) is 55.8 Å². The summed E-state index contributed by atoms with van der Waals surface area (Å²) in [5.74, 6) is -0.872. The maximum absolute atomic E-state index is 13.0. The van der Waals surface area contributed by atoms with Crippen LogP contribution in [-0.4, -0.2) is 26.0 Å². The number of carbonyl (C=O) groups is 1. The van der Waals surface area contributed by atoms with Crippen LogP contribution in [0.1, 0.15) is 21.7 Å². The Hall–Kier alpha value is -3.22. The van der Waals surface area contributed by atoms with Crippen molar-refractivity contribution in [1.82, 2.24) is 15.0 Å². The highest BCUT2D eigenvalue weighted by molar-refractivity contribution is 6.04. The monoisotopic (exact) mass is 326 g/mol. The van der Waals surface area contributed by atoms with Crippen molar-refractivity contribution in [2.24, 2.45) is 0 Å². The van der Waals surface area contributed by atoms with E-state index < -0.39 is 5.91 Å². The second-order valence-corrected chi connectivity index (χ2v) is 5.39. The van der Waals surface area contributed by atoms with Crippen molar-refractivity contribution >= 4 is 11.6 Å². The van der Waals surface area contributed by atoms with Crippen LogP contribution in [0.4, 0.5) is 10.1 Å². The standard InChI is InChI=1S/C17H15FN4O2/c1-10-3-8-15(23)14(9-10)19-17(24)16-11(2)22(21-20-16)13-6-4-12(18)5-7-13/h3-9,23H,1-2H3,(H,19,24). The van der Waals surface area contributed by atoms with Gasteiger partial charge >= 0.3 is 0 Å². The van der Waals surface area contributed by atoms with Gasteiger partial charge in [-0.3, -0.25) is 4.79 Å². The second kappa shape index (κ2) is 6.11. The van der Waals surface area contributed by atoms with Crippen LogP contribution in [0.25, 0.3) is 5.69 Å². The van der Waals surface area contributed by atoms with E-state index in [-0.39, 0.29) is 17.3 Å². The summed E-state index contributed by atoms with van der Waals surface area (Å²) >= 11 is 0. The van der Waals surface area contributed by atoms with E-state index in [1.165, 1.54) is 22.9 Å². The number of aromatic hydroxyl groups is 1. The summed E-state index contributed by atoms with van der Waals surface area (Å²) in [5, 5.41) is 20.3. The van der Waals surface area contributed by atoms with Crippen LogP contribution in [0.3, 0.4) is 0 Å². The van der Waals surface area contributed by atoms with Gasteiger partial charge in [-0.1, -0.05) is 11.3 Å². The van der Waals surface area contributed by atoms with Crippen LogP contribution in [0.2, 0.25) is 0 Å². The lowest BCUT2D eigenvalue weighted by molar-refractivity contribution is 0.102. The predicted octanol–water partition coefficient (Wildman–Crippen LogP) is 2.98. The van der Waals surface area contributed by atoms with Gasteiger partial charge in [0.2, 0.25) is 0 Å². The Morgan fingerprint density at radius 2 is 1.88 bits per heavy atom. The zero-order chi connectivity index (χ0) is 17.3. The number of anilines is 1. The molecule has 0 saturated heterocycles. The third kappa shape index (κ3) is 2.96. The topological polar surface area (TPSA) is 80.0 Å². The normalized spacial score (nSPS) is 10.6. The van der Waals surface area contributed by atoms with E-state index in [1.54, 1.807) is 31.2 Å². The minimum Gasteiger partial charge on any atom is -0.506 e. The largest absolute Gasteiger partial charge is 0.506 e. The molecule has 0 bridgehead atoms. The number of hydrogen-bond donors (Lipinski definition) is 2. The SMILES string of the molecule is Cc1ccc(O)c(NC(=O)c2nnn(-c3ccc(F)cc3)c2C)c1. The molecular weight excluding hydrogens is 311 g/mol. The first-order chi connectivity index (χ1) is 11.5. The first-order valence-corrected chi connectivity index (χ1v) is 7.25. The Morgan fingerprint density at radius 1 is 1.17 bits per heavy atom. The molecule has 2 N–H and O–H groups in total. The predicted molar refractivity (Wildman–Crippen MR) is 86.9 cm³/mol. The summed E-state index contributed by atoms with van der Waals surface area (Å²) in [6.45, 7) is 3.54. The number of carbonyl (C=O) groups excluding carboxylic acids is 1. The molecule has 0 aliphatic rings. The minimum atomic E-state index is -0.484. The van der Waals surface area contributed by atoms with Crippen molar-refractivity contribution in [3.05, 3.63) is 65.2 Å². The van der Waals surface area contributed by atoms with Crippen molar-refractivity contribution < 1.29 is 14.3 Å². The van der Waals surface area contributed by atoms with Gasteiger partial charge in [-0.2, -0.15) is 0 Å². The summed E-state index contributed by atoms with van der Waals surface area (Å²) < 4.78 is 14.5. The minimum absolute atomic E-state index is 0.0301. The van der Waals surface area contributed by atoms with Crippen molar-refractivity contribution in [3.63, 3.8) is 0 Å². The number of hydrogen-bond acceptors (Lipinski definition) is 4. The summed E-state index contributed by atoms with van der Waals surface area (Å²) in [4.78, 5) is 12.4. The van der Waals surface area contributed by atoms with E-state index in [0.29, 0.717) is 17.1 Å². The molecule has 3 aromatic rings. The molecule has 122 valence electrons. The summed E-state index contributed by atoms with van der Waals surface area (Å²) in [6.07, 6.45) is 0. The van der Waals surface area contributed by atoms with Crippen LogP contribution < -0.4 is 5.32 Å². The van der Waals surface area contributed by atoms with E-state index in [9.17, 15) is 14.3 Å². The van der Waals surface area contributed by atoms with E-state index in [4.69, 9.17) is 0 Å². The molecule has 0 atom stereocenters. The van der Waals surface area contributed by atoms with E-state index >= 15 is 0 Å². The average molecular weight is 326 g/mol. The molecule has 1 amide bonds. The molecule has 0 radical (unpaired) electrons. The number of phenolic OH excluding ortho intramolecular Hbond substituents is 1. The molecule has 1 heterocycles. The Kier molecular flexibility index (Phi) is 3.99. The average Bonchev–Trinajstić information content (AvgIpc) is 2.93. The van der Waals surface area contributed by atoms with E-state index in [1.807, 2.05) is 6.92 Å². The number of nitrogens with zero attached hydrogens (tertiary/aromatic N) is 3. The highest BCUT2D eigenvalue weighted by Gasteiger charge is 2.18. The van der Waals surface area contributed by atoms with Gasteiger partial charge in [0.15, 0.2) is 5.69 Å². The molecule has 2 aromatic carbocycles. The molecule has 0 unspecified atom stereocenters. The highest BCUT2D eigenvalue weighted by Crippen LogP contribution is 2.24. The zero-order valence-electron chi connectivity index (χ0n) is 13.1. The lowest BCUT2D eigenvalue weighted by atomic mass is 10.2. The molecule has 0 aliphatic heterocycles. The number of halogens is 1. The van der Waals surface area contributed by atoms with Gasteiger partial charge in [-0.25, -0.2) is 9.07 Å². The van der Waals surface area contributed by atoms with Gasteiger partial charge in [0.25, 0.3) is 5.91 Å². The van der Waals surface area contributed by atoms with Crippen LogP contribution in [0, 0.1) is 19.7 Å². The number of benzene rings is 2. The molecule has 0 fully saturated rings. The van der Waals surface area contributed by atoms with Crippen molar-refractivity contribution in [3.8, 4) is 11.4 Å². The Morgan fingerprint density at radius 3 is 2.58 bits per heavy atom. The van der Waals surface area contributed by atoms with E-state index in [0.717, 1.165) is 5.56 Å². The lowest BCUT2D eigenvalue weighted by Gasteiger charge is -2.07. The fourth-order valence-electron chi connectivity index (χ4n) is 2.30. The number of amides is 1. The molecule has 6 nitrogen and oxygen atoms in total. The first-order valence-electron chi connectivity index (χ1n) is 7.25. The third-order valence-electron chi connectivity index (χ3n) is 3.58. The lowest BCUT2D eigenvalue weighted by Crippen LogP contribution is -2.14. The smallest absolute Gasteiger partial charge is 0.278 e. The zero-order valence-corrected chi connectivity index (χ0v) is 13.1. The maximum atomic E-state index is 13.0. The number of nitrogens with one attached hydrogen (secondary N) is 1.